The molecule has 0 aliphatic carbocycles. The predicted molar refractivity (Wildman–Crippen MR) is 136 cm³/mol. The molecule has 0 atom stereocenters. The molecule has 0 fully saturated rings. The topological polar surface area (TPSA) is 89.5 Å². The second kappa shape index (κ2) is 12.6. The maximum absolute atomic E-state index is 12.9. The zero-order chi connectivity index (χ0) is 24.5. The molecule has 35 heavy (non-hydrogen) atoms. The summed E-state index contributed by atoms with van der Waals surface area (Å²) in [7, 11) is 0. The normalized spacial score (nSPS) is 15.3. The minimum Gasteiger partial charge on any atom is -0.490 e. The maximum Gasteiger partial charge on any atom is 0.234 e. The first-order chi connectivity index (χ1) is 17.1. The second-order valence-electron chi connectivity index (χ2n) is 9.00. The monoisotopic (exact) mass is 495 g/mol. The summed E-state index contributed by atoms with van der Waals surface area (Å²) in [4.78, 5) is 20.5. The fraction of sp³-hybridized carbons (Fsp3) is 0.462. The zero-order valence-corrected chi connectivity index (χ0v) is 21.2. The van der Waals surface area contributed by atoms with Gasteiger partial charge in [-0.1, -0.05) is 49.4 Å². The van der Waals surface area contributed by atoms with Gasteiger partial charge in [0.2, 0.25) is 11.8 Å². The summed E-state index contributed by atoms with van der Waals surface area (Å²) < 4.78 is 16.2. The molecule has 0 bridgehead atoms. The summed E-state index contributed by atoms with van der Waals surface area (Å²) in [5.74, 6) is 2.16. The van der Waals surface area contributed by atoms with Gasteiger partial charge < -0.3 is 14.8 Å². The van der Waals surface area contributed by atoms with Crippen LogP contribution in [-0.4, -0.2) is 45.1 Å². The molecule has 1 aliphatic heterocycles. The SMILES string of the molecule is CC(C)c1nnsc1CNC(=O)CN1CCCCCCOc2ccccc2Oc2ncccc2C1. The number of nitrogens with one attached hydrogen (secondary N) is 1. The Balaban J connectivity index is 1.47. The molecular weight excluding hydrogens is 462 g/mol. The Morgan fingerprint density at radius 2 is 1.94 bits per heavy atom. The predicted octanol–water partition coefficient (Wildman–Crippen LogP) is 4.92. The molecule has 1 aliphatic rings. The number of para-hydroxylation sites is 2. The lowest BCUT2D eigenvalue weighted by Gasteiger charge is -2.23. The first-order valence-corrected chi connectivity index (χ1v) is 13.0. The summed E-state index contributed by atoms with van der Waals surface area (Å²) >= 11 is 1.35. The number of hydrogen-bond donors (Lipinski definition) is 1. The molecule has 3 heterocycles. The van der Waals surface area contributed by atoms with Crippen molar-refractivity contribution in [3.63, 3.8) is 0 Å². The Hall–Kier alpha value is -3.04. The molecule has 0 radical (unpaired) electrons. The van der Waals surface area contributed by atoms with Gasteiger partial charge in [-0.05, 0) is 55.0 Å². The minimum atomic E-state index is -0.0145. The van der Waals surface area contributed by atoms with Gasteiger partial charge in [-0.25, -0.2) is 4.98 Å². The van der Waals surface area contributed by atoms with Gasteiger partial charge in [-0.3, -0.25) is 9.69 Å². The first kappa shape index (κ1) is 25.1. The highest BCUT2D eigenvalue weighted by Gasteiger charge is 2.18. The molecule has 0 unspecified atom stereocenters. The number of aromatic nitrogens is 3. The Morgan fingerprint density at radius 3 is 2.80 bits per heavy atom. The zero-order valence-electron chi connectivity index (χ0n) is 20.4. The molecule has 4 rings (SSSR count). The number of pyridine rings is 1. The number of fused-ring (bicyclic) bond motifs is 2. The van der Waals surface area contributed by atoms with Gasteiger partial charge in [0.1, 0.15) is 0 Å². The van der Waals surface area contributed by atoms with Gasteiger partial charge in [-0.15, -0.1) is 5.10 Å². The number of carbonyl (C=O) groups excluding carboxylic acids is 1. The Kier molecular flexibility index (Phi) is 9.02. The molecular formula is C26H33N5O3S. The van der Waals surface area contributed by atoms with E-state index < -0.39 is 0 Å². The van der Waals surface area contributed by atoms with E-state index in [2.05, 4.69) is 38.6 Å². The number of hydrogen-bond acceptors (Lipinski definition) is 8. The lowest BCUT2D eigenvalue weighted by atomic mass is 10.1. The molecule has 3 aromatic rings. The lowest BCUT2D eigenvalue weighted by Crippen LogP contribution is -2.37. The number of rotatable bonds is 5. The van der Waals surface area contributed by atoms with Crippen molar-refractivity contribution >= 4 is 17.4 Å². The van der Waals surface area contributed by atoms with Crippen LogP contribution >= 0.6 is 11.5 Å². The lowest BCUT2D eigenvalue weighted by molar-refractivity contribution is -0.122. The fourth-order valence-corrected chi connectivity index (χ4v) is 4.77. The van der Waals surface area contributed by atoms with Crippen LogP contribution in [-0.2, 0) is 17.9 Å². The van der Waals surface area contributed by atoms with Crippen LogP contribution in [0.5, 0.6) is 17.4 Å². The largest absolute Gasteiger partial charge is 0.490 e. The second-order valence-corrected chi connectivity index (χ2v) is 9.84. The smallest absolute Gasteiger partial charge is 0.234 e. The van der Waals surface area contributed by atoms with E-state index in [0.717, 1.165) is 54.1 Å². The van der Waals surface area contributed by atoms with Crippen LogP contribution in [0.4, 0.5) is 0 Å². The standard InChI is InChI=1S/C26H33N5O3S/c1-19(2)25-23(35-30-29-25)16-28-24(32)18-31-14-7-3-4-8-15-33-21-11-5-6-12-22(21)34-26-20(17-31)10-9-13-27-26/h5-6,9-13,19H,3-4,7-8,14-18H2,1-2H3,(H,28,32). The molecule has 2 aromatic heterocycles. The molecule has 0 saturated carbocycles. The molecule has 0 spiro atoms. The van der Waals surface area contributed by atoms with Crippen molar-refractivity contribution in [3.05, 3.63) is 58.7 Å². The molecule has 9 heteroatoms. The van der Waals surface area contributed by atoms with Gasteiger partial charge in [0, 0.05) is 18.3 Å². The number of ether oxygens (including phenoxy) is 2. The number of nitrogens with zero attached hydrogens (tertiary/aromatic N) is 4. The third kappa shape index (κ3) is 7.22. The molecule has 1 N–H and O–H groups in total. The van der Waals surface area contributed by atoms with E-state index in [0.29, 0.717) is 37.9 Å². The highest BCUT2D eigenvalue weighted by atomic mass is 32.1. The van der Waals surface area contributed by atoms with Crippen molar-refractivity contribution in [2.24, 2.45) is 0 Å². The first-order valence-electron chi connectivity index (χ1n) is 12.2. The average molecular weight is 496 g/mol. The van der Waals surface area contributed by atoms with Gasteiger partial charge in [-0.2, -0.15) is 0 Å². The van der Waals surface area contributed by atoms with Crippen LogP contribution in [0.15, 0.2) is 42.6 Å². The van der Waals surface area contributed by atoms with Crippen LogP contribution in [0.25, 0.3) is 0 Å². The van der Waals surface area contributed by atoms with E-state index in [4.69, 9.17) is 9.47 Å². The number of amides is 1. The van der Waals surface area contributed by atoms with Crippen molar-refractivity contribution in [2.45, 2.75) is 58.5 Å². The highest BCUT2D eigenvalue weighted by molar-refractivity contribution is 7.05. The van der Waals surface area contributed by atoms with E-state index in [-0.39, 0.29) is 11.8 Å². The van der Waals surface area contributed by atoms with Crippen LogP contribution in [0.1, 0.15) is 61.6 Å². The van der Waals surface area contributed by atoms with Crippen LogP contribution in [0, 0.1) is 0 Å². The van der Waals surface area contributed by atoms with Gasteiger partial charge in [0.25, 0.3) is 0 Å². The molecule has 8 nitrogen and oxygen atoms in total. The van der Waals surface area contributed by atoms with Crippen LogP contribution in [0.2, 0.25) is 0 Å². The third-order valence-electron chi connectivity index (χ3n) is 5.87. The summed E-state index contributed by atoms with van der Waals surface area (Å²) in [5, 5.41) is 7.26. The van der Waals surface area contributed by atoms with Crippen LogP contribution < -0.4 is 14.8 Å². The fourth-order valence-electron chi connectivity index (χ4n) is 4.04. The Labute approximate surface area is 210 Å². The molecule has 186 valence electrons. The molecule has 1 amide bonds. The van der Waals surface area contributed by atoms with Crippen molar-refractivity contribution in [2.75, 3.05) is 19.7 Å². The van der Waals surface area contributed by atoms with Crippen molar-refractivity contribution < 1.29 is 14.3 Å². The summed E-state index contributed by atoms with van der Waals surface area (Å²) in [6, 6.07) is 11.6. The Bertz CT molecular complexity index is 1100. The minimum absolute atomic E-state index is 0.0145. The van der Waals surface area contributed by atoms with Crippen molar-refractivity contribution in [3.8, 4) is 17.4 Å². The van der Waals surface area contributed by atoms with E-state index in [1.54, 1.807) is 6.20 Å². The number of benzene rings is 1. The number of carbonyl (C=O) groups is 1. The van der Waals surface area contributed by atoms with Gasteiger partial charge in [0.15, 0.2) is 11.5 Å². The van der Waals surface area contributed by atoms with E-state index >= 15 is 0 Å². The third-order valence-corrected chi connectivity index (χ3v) is 6.61. The van der Waals surface area contributed by atoms with Crippen LogP contribution in [0.3, 0.4) is 0 Å². The molecule has 1 aromatic carbocycles. The Morgan fingerprint density at radius 1 is 1.11 bits per heavy atom. The van der Waals surface area contributed by atoms with E-state index in [9.17, 15) is 4.79 Å². The van der Waals surface area contributed by atoms with E-state index in [1.165, 1.54) is 11.5 Å². The van der Waals surface area contributed by atoms with Gasteiger partial charge in [0.05, 0.1) is 30.3 Å². The van der Waals surface area contributed by atoms with Crippen molar-refractivity contribution in [1.29, 1.82) is 0 Å². The highest BCUT2D eigenvalue weighted by Crippen LogP contribution is 2.32. The quantitative estimate of drug-likeness (QED) is 0.537. The molecule has 0 saturated heterocycles. The maximum atomic E-state index is 12.9. The average Bonchev–Trinajstić information content (AvgIpc) is 3.33. The summed E-state index contributed by atoms with van der Waals surface area (Å²) in [6.07, 6.45) is 5.88. The van der Waals surface area contributed by atoms with Crippen molar-refractivity contribution in [1.82, 2.24) is 24.8 Å². The van der Waals surface area contributed by atoms with Gasteiger partial charge >= 0.3 is 0 Å². The summed E-state index contributed by atoms with van der Waals surface area (Å²) in [5.41, 5.74) is 1.89. The van der Waals surface area contributed by atoms with E-state index in [1.807, 2.05) is 36.4 Å². The summed E-state index contributed by atoms with van der Waals surface area (Å²) in [6.45, 7) is 6.96.